The lowest BCUT2D eigenvalue weighted by molar-refractivity contribution is -0.648. The van der Waals surface area contributed by atoms with Gasteiger partial charge in [-0.15, -0.1) is 0 Å². The van der Waals surface area contributed by atoms with Gasteiger partial charge in [0.1, 0.15) is 6.54 Å². The second-order valence-electron chi connectivity index (χ2n) is 5.03. The summed E-state index contributed by atoms with van der Waals surface area (Å²) in [6.45, 7) is 0.791. The zero-order valence-corrected chi connectivity index (χ0v) is 10.9. The third kappa shape index (κ3) is 1.01. The highest BCUT2D eigenvalue weighted by atomic mass is 15.3. The van der Waals surface area contributed by atoms with E-state index in [1.165, 1.54) is 5.56 Å². The first kappa shape index (κ1) is 10.1. The Bertz CT molecular complexity index is 994. The Hall–Kier alpha value is -2.76. The van der Waals surface area contributed by atoms with Crippen LogP contribution in [0.3, 0.4) is 0 Å². The van der Waals surface area contributed by atoms with Crippen molar-refractivity contribution in [3.05, 3.63) is 42.6 Å². The standard InChI is InChI=1S/C14H11N6/c1-18-12-14(19-6-5-15-7-11(19)17-12)20-8-10-9(13(18)20)3-2-4-16-10/h2-7H,8H2,1H3/q+1. The van der Waals surface area contributed by atoms with Crippen LogP contribution in [0.5, 0.6) is 0 Å². The highest BCUT2D eigenvalue weighted by Gasteiger charge is 2.34. The molecule has 0 saturated carbocycles. The molecule has 5 heterocycles. The van der Waals surface area contributed by atoms with Crippen molar-refractivity contribution in [2.45, 2.75) is 6.54 Å². The van der Waals surface area contributed by atoms with Crippen molar-refractivity contribution in [2.24, 2.45) is 7.05 Å². The van der Waals surface area contributed by atoms with Crippen LogP contribution in [0.1, 0.15) is 5.69 Å². The van der Waals surface area contributed by atoms with Crippen LogP contribution in [0.2, 0.25) is 0 Å². The third-order valence-electron chi connectivity index (χ3n) is 3.97. The Balaban J connectivity index is 1.99. The quantitative estimate of drug-likeness (QED) is 0.391. The van der Waals surface area contributed by atoms with E-state index >= 15 is 0 Å². The van der Waals surface area contributed by atoms with Crippen molar-refractivity contribution in [2.75, 3.05) is 0 Å². The van der Waals surface area contributed by atoms with Gasteiger partial charge in [0.05, 0.1) is 36.9 Å². The predicted molar refractivity (Wildman–Crippen MR) is 72.0 cm³/mol. The Morgan fingerprint density at radius 3 is 3.20 bits per heavy atom. The van der Waals surface area contributed by atoms with Gasteiger partial charge in [0.15, 0.2) is 0 Å². The van der Waals surface area contributed by atoms with E-state index in [1.54, 1.807) is 12.4 Å². The molecule has 0 bridgehead atoms. The van der Waals surface area contributed by atoms with Crippen molar-refractivity contribution in [1.82, 2.24) is 23.9 Å². The molecule has 5 rings (SSSR count). The van der Waals surface area contributed by atoms with E-state index in [2.05, 4.69) is 41.6 Å². The number of aryl methyl sites for hydroxylation is 1. The molecule has 6 heteroatoms. The fourth-order valence-corrected chi connectivity index (χ4v) is 3.13. The summed E-state index contributed by atoms with van der Waals surface area (Å²) in [5.41, 5.74) is 5.24. The maximum atomic E-state index is 4.67. The molecule has 0 saturated heterocycles. The first-order valence-electron chi connectivity index (χ1n) is 6.49. The molecule has 0 radical (unpaired) electrons. The van der Waals surface area contributed by atoms with Gasteiger partial charge in [-0.3, -0.25) is 9.97 Å². The minimum Gasteiger partial charge on any atom is -0.257 e. The minimum atomic E-state index is 0.791. The summed E-state index contributed by atoms with van der Waals surface area (Å²) in [5, 5.41) is 0. The summed E-state index contributed by atoms with van der Waals surface area (Å²) in [6.07, 6.45) is 7.37. The number of hydrogen-bond acceptors (Lipinski definition) is 3. The number of pyridine rings is 1. The first-order chi connectivity index (χ1) is 9.84. The molecule has 0 amide bonds. The summed E-state index contributed by atoms with van der Waals surface area (Å²) in [5.74, 6) is 1.16. The van der Waals surface area contributed by atoms with Crippen molar-refractivity contribution < 1.29 is 4.57 Å². The van der Waals surface area contributed by atoms with Gasteiger partial charge in [0.25, 0.3) is 11.3 Å². The topological polar surface area (TPSA) is 51.9 Å². The van der Waals surface area contributed by atoms with Gasteiger partial charge in [0.2, 0.25) is 11.5 Å². The maximum Gasteiger partial charge on any atom is 0.295 e. The van der Waals surface area contributed by atoms with E-state index in [4.69, 9.17) is 0 Å². The molecule has 0 spiro atoms. The molecular formula is C14H11N6+. The number of imidazole rings is 2. The molecular weight excluding hydrogens is 252 g/mol. The molecule has 6 nitrogen and oxygen atoms in total. The highest BCUT2D eigenvalue weighted by molar-refractivity contribution is 5.75. The maximum absolute atomic E-state index is 4.67. The summed E-state index contributed by atoms with van der Waals surface area (Å²) in [7, 11) is 2.05. The molecule has 0 fully saturated rings. The Morgan fingerprint density at radius 2 is 2.25 bits per heavy atom. The molecule has 20 heavy (non-hydrogen) atoms. The van der Waals surface area contributed by atoms with Crippen LogP contribution in [0.25, 0.3) is 28.3 Å². The van der Waals surface area contributed by atoms with Crippen LogP contribution in [-0.2, 0) is 13.6 Å². The smallest absolute Gasteiger partial charge is 0.257 e. The van der Waals surface area contributed by atoms with Crippen molar-refractivity contribution in [3.8, 4) is 11.4 Å². The average Bonchev–Trinajstić information content (AvgIpc) is 3.10. The van der Waals surface area contributed by atoms with Gasteiger partial charge in [-0.1, -0.05) is 0 Å². The molecule has 1 aliphatic heterocycles. The zero-order valence-electron chi connectivity index (χ0n) is 10.9. The normalized spacial score (nSPS) is 13.1. The molecule has 4 aromatic rings. The van der Waals surface area contributed by atoms with Crippen LogP contribution >= 0.6 is 0 Å². The van der Waals surface area contributed by atoms with Crippen LogP contribution in [0.15, 0.2) is 36.9 Å². The average molecular weight is 263 g/mol. The van der Waals surface area contributed by atoms with Gasteiger partial charge in [-0.2, -0.15) is 4.98 Å². The van der Waals surface area contributed by atoms with E-state index < -0.39 is 0 Å². The van der Waals surface area contributed by atoms with Gasteiger partial charge in [-0.05, 0) is 12.1 Å². The fourth-order valence-electron chi connectivity index (χ4n) is 3.13. The molecule has 0 aromatic carbocycles. The number of rotatable bonds is 0. The number of nitrogens with zero attached hydrogens (tertiary/aromatic N) is 6. The van der Waals surface area contributed by atoms with Crippen LogP contribution in [-0.4, -0.2) is 23.9 Å². The lowest BCUT2D eigenvalue weighted by Crippen LogP contribution is -2.32. The van der Waals surface area contributed by atoms with Crippen molar-refractivity contribution >= 4 is 16.9 Å². The SMILES string of the molecule is Cn1c2[n+](c3c1nc1cnccn13)Cc1ncccc1-2. The largest absolute Gasteiger partial charge is 0.295 e. The predicted octanol–water partition coefficient (Wildman–Crippen LogP) is 0.932. The third-order valence-corrected chi connectivity index (χ3v) is 3.97. The van der Waals surface area contributed by atoms with Gasteiger partial charge >= 0.3 is 0 Å². The van der Waals surface area contributed by atoms with Crippen LogP contribution < -0.4 is 4.57 Å². The molecule has 96 valence electrons. The first-order valence-corrected chi connectivity index (χ1v) is 6.49. The van der Waals surface area contributed by atoms with E-state index in [0.29, 0.717) is 0 Å². The number of aromatic nitrogens is 6. The van der Waals surface area contributed by atoms with Crippen LogP contribution in [0.4, 0.5) is 0 Å². The van der Waals surface area contributed by atoms with Gasteiger partial charge in [0, 0.05) is 6.20 Å². The second-order valence-corrected chi connectivity index (χ2v) is 5.03. The fraction of sp³-hybridized carbons (Fsp3) is 0.143. The van der Waals surface area contributed by atoms with E-state index in [-0.39, 0.29) is 0 Å². The van der Waals surface area contributed by atoms with Crippen molar-refractivity contribution in [3.63, 3.8) is 0 Å². The Morgan fingerprint density at radius 1 is 1.30 bits per heavy atom. The number of hydrogen-bond donors (Lipinski definition) is 0. The van der Waals surface area contributed by atoms with E-state index in [1.807, 2.05) is 18.5 Å². The molecule has 1 aliphatic rings. The zero-order chi connectivity index (χ0) is 13.3. The van der Waals surface area contributed by atoms with Crippen molar-refractivity contribution in [1.29, 1.82) is 0 Å². The molecule has 4 aromatic heterocycles. The molecule has 0 atom stereocenters. The van der Waals surface area contributed by atoms with Gasteiger partial charge in [-0.25, -0.2) is 13.5 Å². The molecule has 0 N–H and O–H groups in total. The second kappa shape index (κ2) is 3.22. The van der Waals surface area contributed by atoms with E-state index in [0.717, 1.165) is 35.0 Å². The highest BCUT2D eigenvalue weighted by Crippen LogP contribution is 2.29. The summed E-state index contributed by atoms with van der Waals surface area (Å²) in [6, 6.07) is 4.10. The summed E-state index contributed by atoms with van der Waals surface area (Å²) >= 11 is 0. The minimum absolute atomic E-state index is 0.791. The monoisotopic (exact) mass is 263 g/mol. The lowest BCUT2D eigenvalue weighted by atomic mass is 10.2. The Kier molecular flexibility index (Phi) is 1.62. The van der Waals surface area contributed by atoms with E-state index in [9.17, 15) is 0 Å². The summed E-state index contributed by atoms with van der Waals surface area (Å²) in [4.78, 5) is 13.3. The molecule has 0 aliphatic carbocycles. The Labute approximate surface area is 114 Å². The number of fused-ring (bicyclic) bond motifs is 7. The lowest BCUT2D eigenvalue weighted by Gasteiger charge is -1.95. The van der Waals surface area contributed by atoms with Gasteiger partial charge < -0.3 is 0 Å². The molecule has 0 unspecified atom stereocenters. The van der Waals surface area contributed by atoms with Crippen LogP contribution in [0, 0.1) is 0 Å². The summed E-state index contributed by atoms with van der Waals surface area (Å²) < 4.78 is 6.49.